The van der Waals surface area contributed by atoms with Gasteiger partial charge < -0.3 is 5.32 Å². The van der Waals surface area contributed by atoms with E-state index < -0.39 is 0 Å². The predicted octanol–water partition coefficient (Wildman–Crippen LogP) is 2.82. The van der Waals surface area contributed by atoms with Gasteiger partial charge in [0.05, 0.1) is 6.20 Å². The van der Waals surface area contributed by atoms with Crippen LogP contribution in [0.1, 0.15) is 24.2 Å². The molecular formula is C14H18FN3. The van der Waals surface area contributed by atoms with Crippen molar-refractivity contribution in [3.63, 3.8) is 0 Å². The van der Waals surface area contributed by atoms with Gasteiger partial charge in [0.1, 0.15) is 5.82 Å². The Hall–Kier alpha value is -1.68. The summed E-state index contributed by atoms with van der Waals surface area (Å²) >= 11 is 0. The lowest BCUT2D eigenvalue weighted by Crippen LogP contribution is -2.12. The summed E-state index contributed by atoms with van der Waals surface area (Å²) in [6.45, 7) is 3.99. The molecule has 3 nitrogen and oxygen atoms in total. The molecule has 1 aromatic carbocycles. The molecule has 0 aliphatic carbocycles. The van der Waals surface area contributed by atoms with E-state index in [0.29, 0.717) is 5.56 Å². The molecule has 0 spiro atoms. The van der Waals surface area contributed by atoms with E-state index in [2.05, 4.69) is 10.4 Å². The molecule has 0 aliphatic heterocycles. The fourth-order valence-electron chi connectivity index (χ4n) is 1.95. The minimum Gasteiger partial charge on any atom is -0.313 e. The molecule has 2 aromatic rings. The number of halogens is 1. The van der Waals surface area contributed by atoms with Crippen LogP contribution in [0.15, 0.2) is 24.4 Å². The van der Waals surface area contributed by atoms with Crippen molar-refractivity contribution in [3.05, 3.63) is 41.5 Å². The summed E-state index contributed by atoms with van der Waals surface area (Å²) in [4.78, 5) is 0. The monoisotopic (exact) mass is 247 g/mol. The maximum atomic E-state index is 14.0. The summed E-state index contributed by atoms with van der Waals surface area (Å²) in [5.74, 6) is -0.210. The van der Waals surface area contributed by atoms with Gasteiger partial charge in [0.25, 0.3) is 0 Å². The number of hydrogen-bond donors (Lipinski definition) is 1. The second kappa shape index (κ2) is 4.90. The van der Waals surface area contributed by atoms with Gasteiger partial charge in [0.15, 0.2) is 0 Å². The minimum absolute atomic E-state index is 0.196. The van der Waals surface area contributed by atoms with Crippen LogP contribution in [0.5, 0.6) is 0 Å². The second-order valence-electron chi connectivity index (χ2n) is 4.52. The molecule has 0 bridgehead atoms. The van der Waals surface area contributed by atoms with Crippen LogP contribution in [0.25, 0.3) is 11.1 Å². The van der Waals surface area contributed by atoms with E-state index in [0.717, 1.165) is 16.8 Å². The number of nitrogens with zero attached hydrogens (tertiary/aromatic N) is 2. The molecule has 1 heterocycles. The Labute approximate surface area is 107 Å². The number of aryl methyl sites for hydroxylation is 1. The molecule has 0 amide bonds. The second-order valence-corrected chi connectivity index (χ2v) is 4.52. The van der Waals surface area contributed by atoms with Crippen molar-refractivity contribution in [1.29, 1.82) is 0 Å². The van der Waals surface area contributed by atoms with Crippen LogP contribution in [0.4, 0.5) is 4.39 Å². The fraction of sp³-hybridized carbons (Fsp3) is 0.357. The van der Waals surface area contributed by atoms with Crippen LogP contribution in [0.2, 0.25) is 0 Å². The topological polar surface area (TPSA) is 29.9 Å². The molecule has 1 atom stereocenters. The zero-order chi connectivity index (χ0) is 13.3. The Balaban J connectivity index is 2.53. The van der Waals surface area contributed by atoms with Crippen LogP contribution in [0, 0.1) is 12.7 Å². The third-order valence-corrected chi connectivity index (χ3v) is 3.45. The van der Waals surface area contributed by atoms with Crippen molar-refractivity contribution in [2.75, 3.05) is 7.05 Å². The van der Waals surface area contributed by atoms with Crippen LogP contribution in [-0.4, -0.2) is 16.8 Å². The van der Waals surface area contributed by atoms with E-state index >= 15 is 0 Å². The van der Waals surface area contributed by atoms with Gasteiger partial charge in [-0.2, -0.15) is 5.10 Å². The fourth-order valence-corrected chi connectivity index (χ4v) is 1.95. The van der Waals surface area contributed by atoms with Crippen molar-refractivity contribution in [1.82, 2.24) is 15.1 Å². The molecule has 2 rings (SSSR count). The van der Waals surface area contributed by atoms with E-state index in [1.165, 1.54) is 6.07 Å². The van der Waals surface area contributed by atoms with Crippen LogP contribution < -0.4 is 5.32 Å². The third kappa shape index (κ3) is 2.16. The number of aromatic nitrogens is 2. The van der Waals surface area contributed by atoms with Crippen molar-refractivity contribution in [2.45, 2.75) is 19.9 Å². The first-order chi connectivity index (χ1) is 8.54. The molecule has 0 radical (unpaired) electrons. The van der Waals surface area contributed by atoms with Gasteiger partial charge in [-0.25, -0.2) is 4.39 Å². The lowest BCUT2D eigenvalue weighted by Gasteiger charge is -2.12. The van der Waals surface area contributed by atoms with Crippen LogP contribution in [-0.2, 0) is 7.05 Å². The standard InChI is InChI=1S/C14H18FN3/c1-9(16-3)11-5-6-14(15)12(7-11)13-8-17-18(4)10(13)2/h5-9,16H,1-4H3. The Bertz CT molecular complexity index is 560. The van der Waals surface area contributed by atoms with Crippen molar-refractivity contribution >= 4 is 0 Å². The quantitative estimate of drug-likeness (QED) is 0.904. The average molecular weight is 247 g/mol. The highest BCUT2D eigenvalue weighted by molar-refractivity contribution is 5.66. The smallest absolute Gasteiger partial charge is 0.131 e. The maximum absolute atomic E-state index is 14.0. The highest BCUT2D eigenvalue weighted by atomic mass is 19.1. The van der Waals surface area contributed by atoms with E-state index in [4.69, 9.17) is 0 Å². The third-order valence-electron chi connectivity index (χ3n) is 3.45. The Morgan fingerprint density at radius 3 is 2.61 bits per heavy atom. The van der Waals surface area contributed by atoms with Gasteiger partial charge in [-0.15, -0.1) is 0 Å². The molecule has 1 aromatic heterocycles. The molecule has 18 heavy (non-hydrogen) atoms. The summed E-state index contributed by atoms with van der Waals surface area (Å²) in [5, 5.41) is 7.32. The van der Waals surface area contributed by atoms with Crippen molar-refractivity contribution < 1.29 is 4.39 Å². The van der Waals surface area contributed by atoms with Gasteiger partial charge in [0, 0.05) is 29.9 Å². The normalized spacial score (nSPS) is 12.7. The molecule has 96 valence electrons. The highest BCUT2D eigenvalue weighted by Crippen LogP contribution is 2.28. The predicted molar refractivity (Wildman–Crippen MR) is 70.8 cm³/mol. The average Bonchev–Trinajstić information content (AvgIpc) is 2.70. The Morgan fingerprint density at radius 2 is 2.06 bits per heavy atom. The maximum Gasteiger partial charge on any atom is 0.131 e. The zero-order valence-corrected chi connectivity index (χ0v) is 11.2. The molecule has 1 N–H and O–H groups in total. The zero-order valence-electron chi connectivity index (χ0n) is 11.2. The van der Waals surface area contributed by atoms with Gasteiger partial charge in [-0.05, 0) is 38.6 Å². The van der Waals surface area contributed by atoms with E-state index in [1.54, 1.807) is 10.9 Å². The van der Waals surface area contributed by atoms with E-state index in [1.807, 2.05) is 40.1 Å². The Kier molecular flexibility index (Phi) is 3.48. The summed E-state index contributed by atoms with van der Waals surface area (Å²) in [6, 6.07) is 5.42. The molecule has 1 unspecified atom stereocenters. The Morgan fingerprint density at radius 1 is 1.33 bits per heavy atom. The molecular weight excluding hydrogens is 229 g/mol. The summed E-state index contributed by atoms with van der Waals surface area (Å²) < 4.78 is 15.7. The lowest BCUT2D eigenvalue weighted by atomic mass is 10.00. The SMILES string of the molecule is CNC(C)c1ccc(F)c(-c2cnn(C)c2C)c1. The van der Waals surface area contributed by atoms with Gasteiger partial charge >= 0.3 is 0 Å². The van der Waals surface area contributed by atoms with Gasteiger partial charge in [0.2, 0.25) is 0 Å². The van der Waals surface area contributed by atoms with Crippen molar-refractivity contribution in [2.24, 2.45) is 7.05 Å². The number of hydrogen-bond acceptors (Lipinski definition) is 2. The van der Waals surface area contributed by atoms with E-state index in [9.17, 15) is 4.39 Å². The molecule has 4 heteroatoms. The summed E-state index contributed by atoms with van der Waals surface area (Å²) in [7, 11) is 3.75. The van der Waals surface area contributed by atoms with Gasteiger partial charge in [-0.1, -0.05) is 6.07 Å². The number of nitrogens with one attached hydrogen (secondary N) is 1. The number of benzene rings is 1. The van der Waals surface area contributed by atoms with Crippen LogP contribution >= 0.6 is 0 Å². The van der Waals surface area contributed by atoms with E-state index in [-0.39, 0.29) is 11.9 Å². The summed E-state index contributed by atoms with van der Waals surface area (Å²) in [5.41, 5.74) is 3.49. The lowest BCUT2D eigenvalue weighted by molar-refractivity contribution is 0.622. The van der Waals surface area contributed by atoms with Crippen LogP contribution in [0.3, 0.4) is 0 Å². The van der Waals surface area contributed by atoms with Crippen molar-refractivity contribution in [3.8, 4) is 11.1 Å². The highest BCUT2D eigenvalue weighted by Gasteiger charge is 2.13. The molecule has 0 saturated carbocycles. The first kappa shape index (κ1) is 12.8. The molecule has 0 fully saturated rings. The molecule has 0 saturated heterocycles. The number of rotatable bonds is 3. The molecule has 0 aliphatic rings. The largest absolute Gasteiger partial charge is 0.313 e. The van der Waals surface area contributed by atoms with Gasteiger partial charge in [-0.3, -0.25) is 4.68 Å². The first-order valence-corrected chi connectivity index (χ1v) is 6.00. The first-order valence-electron chi connectivity index (χ1n) is 6.00. The minimum atomic E-state index is -0.210. The summed E-state index contributed by atoms with van der Waals surface area (Å²) in [6.07, 6.45) is 1.71.